The summed E-state index contributed by atoms with van der Waals surface area (Å²) in [4.78, 5) is 3.90. The molecule has 104 valence electrons. The van der Waals surface area contributed by atoms with Crippen LogP contribution < -0.4 is 0 Å². The van der Waals surface area contributed by atoms with Crippen LogP contribution in [0.3, 0.4) is 0 Å². The van der Waals surface area contributed by atoms with Gasteiger partial charge in [-0.2, -0.15) is 0 Å². The quantitative estimate of drug-likeness (QED) is 0.600. The second-order valence-electron chi connectivity index (χ2n) is 5.30. The number of nitrogens with zero attached hydrogens (tertiary/aromatic N) is 1. The maximum atomic E-state index is 5.20. The Morgan fingerprint density at radius 3 is 2.37 bits per heavy atom. The van der Waals surface area contributed by atoms with E-state index in [2.05, 4.69) is 50.9 Å². The van der Waals surface area contributed by atoms with Crippen LogP contribution in [-0.4, -0.2) is 4.98 Å². The van der Waals surface area contributed by atoms with Crippen LogP contribution in [-0.2, 0) is 0 Å². The monoisotopic (exact) mass is 259 g/mol. The molecule has 1 aromatic rings. The summed E-state index contributed by atoms with van der Waals surface area (Å²) in [5.41, 5.74) is 4.20. The van der Waals surface area contributed by atoms with E-state index in [4.69, 9.17) is 4.42 Å². The van der Waals surface area contributed by atoms with Crippen molar-refractivity contribution in [1.82, 2.24) is 4.98 Å². The van der Waals surface area contributed by atoms with Gasteiger partial charge in [-0.3, -0.25) is 0 Å². The molecular weight excluding hydrogens is 234 g/mol. The summed E-state index contributed by atoms with van der Waals surface area (Å²) in [5, 5.41) is 0. The summed E-state index contributed by atoms with van der Waals surface area (Å²) in [7, 11) is 0. The highest BCUT2D eigenvalue weighted by molar-refractivity contribution is 5.45. The van der Waals surface area contributed by atoms with Crippen molar-refractivity contribution < 1.29 is 4.42 Å². The van der Waals surface area contributed by atoms with Crippen LogP contribution >= 0.6 is 0 Å². The number of hydrogen-bond donors (Lipinski definition) is 0. The molecule has 0 saturated carbocycles. The summed E-state index contributed by atoms with van der Waals surface area (Å²) in [6.07, 6.45) is 14.4. The lowest BCUT2D eigenvalue weighted by Crippen LogP contribution is -1.80. The van der Waals surface area contributed by atoms with E-state index < -0.39 is 0 Å². The van der Waals surface area contributed by atoms with Crippen LogP contribution in [0, 0.1) is 0 Å². The summed E-state index contributed by atoms with van der Waals surface area (Å²) >= 11 is 0. The van der Waals surface area contributed by atoms with E-state index in [-0.39, 0.29) is 0 Å². The Labute approximate surface area is 116 Å². The maximum Gasteiger partial charge on any atom is 0.181 e. The van der Waals surface area contributed by atoms with E-state index in [1.54, 1.807) is 6.20 Å². The maximum absolute atomic E-state index is 5.20. The van der Waals surface area contributed by atoms with Crippen molar-refractivity contribution in [3.8, 4) is 0 Å². The Morgan fingerprint density at radius 1 is 1.05 bits per heavy atom. The third kappa shape index (κ3) is 7.45. The molecule has 0 amide bonds. The molecule has 2 heteroatoms. The minimum absolute atomic E-state index is 0.835. The molecular formula is C17H25NO. The van der Waals surface area contributed by atoms with Gasteiger partial charge in [-0.15, -0.1) is 0 Å². The number of rotatable bonds is 7. The highest BCUT2D eigenvalue weighted by Crippen LogP contribution is 2.13. The Kier molecular flexibility index (Phi) is 6.94. The number of hydrogen-bond acceptors (Lipinski definition) is 2. The molecule has 0 aliphatic carbocycles. The van der Waals surface area contributed by atoms with E-state index in [1.165, 1.54) is 23.1 Å². The van der Waals surface area contributed by atoms with E-state index in [9.17, 15) is 0 Å². The number of oxazole rings is 1. The van der Waals surface area contributed by atoms with Crippen LogP contribution in [0.1, 0.15) is 59.1 Å². The van der Waals surface area contributed by atoms with Gasteiger partial charge in [-0.1, -0.05) is 28.9 Å². The van der Waals surface area contributed by atoms with Gasteiger partial charge in [0.05, 0.1) is 6.20 Å². The minimum Gasteiger partial charge on any atom is -0.444 e. The van der Waals surface area contributed by atoms with E-state index in [0.717, 1.165) is 31.4 Å². The molecule has 1 rings (SSSR count). The summed E-state index contributed by atoms with van der Waals surface area (Å²) in [6, 6.07) is 0. The summed E-state index contributed by atoms with van der Waals surface area (Å²) in [6.45, 7) is 8.65. The lowest BCUT2D eigenvalue weighted by atomic mass is 10.1. The van der Waals surface area contributed by atoms with Crippen molar-refractivity contribution in [1.29, 1.82) is 0 Å². The van der Waals surface area contributed by atoms with Crippen molar-refractivity contribution in [2.45, 2.75) is 53.4 Å². The molecule has 0 radical (unpaired) electrons. The van der Waals surface area contributed by atoms with Gasteiger partial charge < -0.3 is 4.42 Å². The molecule has 0 spiro atoms. The Morgan fingerprint density at radius 2 is 1.74 bits per heavy atom. The zero-order chi connectivity index (χ0) is 14.1. The first-order valence-electron chi connectivity index (χ1n) is 6.92. The van der Waals surface area contributed by atoms with Crippen LogP contribution in [0.25, 0.3) is 6.08 Å². The molecule has 1 aromatic heterocycles. The fourth-order valence-corrected chi connectivity index (χ4v) is 1.85. The lowest BCUT2D eigenvalue weighted by molar-refractivity contribution is 0.547. The van der Waals surface area contributed by atoms with Crippen molar-refractivity contribution in [2.24, 2.45) is 0 Å². The highest BCUT2D eigenvalue weighted by Gasteiger charge is 1.95. The number of allylic oxidation sites excluding steroid dienone is 5. The van der Waals surface area contributed by atoms with Gasteiger partial charge in [0, 0.05) is 0 Å². The SMILES string of the molecule is CC(C)=CCCC(C)=CCCC(C)=Cc1cnco1. The van der Waals surface area contributed by atoms with Gasteiger partial charge in [0.25, 0.3) is 0 Å². The zero-order valence-electron chi connectivity index (χ0n) is 12.6. The van der Waals surface area contributed by atoms with Crippen molar-refractivity contribution in [3.05, 3.63) is 47.2 Å². The van der Waals surface area contributed by atoms with Crippen molar-refractivity contribution in [2.75, 3.05) is 0 Å². The fourth-order valence-electron chi connectivity index (χ4n) is 1.85. The van der Waals surface area contributed by atoms with Crippen LogP contribution in [0.5, 0.6) is 0 Å². The predicted octanol–water partition coefficient (Wildman–Crippen LogP) is 5.55. The van der Waals surface area contributed by atoms with E-state index >= 15 is 0 Å². The van der Waals surface area contributed by atoms with Gasteiger partial charge >= 0.3 is 0 Å². The first kappa shape index (κ1) is 15.5. The second-order valence-corrected chi connectivity index (χ2v) is 5.30. The van der Waals surface area contributed by atoms with Gasteiger partial charge in [0.1, 0.15) is 5.76 Å². The standard InChI is InChI=1S/C17H25NO/c1-14(2)7-5-8-15(3)9-6-10-16(4)11-17-12-18-13-19-17/h7,9,11-13H,5-6,8,10H2,1-4H3. The molecule has 0 unspecified atom stereocenters. The van der Waals surface area contributed by atoms with Gasteiger partial charge in [-0.05, 0) is 59.5 Å². The molecule has 0 atom stereocenters. The van der Waals surface area contributed by atoms with Crippen LogP contribution in [0.4, 0.5) is 0 Å². The Hall–Kier alpha value is -1.57. The average molecular weight is 259 g/mol. The third-order valence-corrected chi connectivity index (χ3v) is 2.96. The molecule has 0 aromatic carbocycles. The molecule has 0 N–H and O–H groups in total. The molecule has 0 bridgehead atoms. The summed E-state index contributed by atoms with van der Waals surface area (Å²) < 4.78 is 5.20. The van der Waals surface area contributed by atoms with Gasteiger partial charge in [-0.25, -0.2) is 4.98 Å². The average Bonchev–Trinajstić information content (AvgIpc) is 2.81. The Bertz CT molecular complexity index is 446. The Balaban J connectivity index is 2.30. The highest BCUT2D eigenvalue weighted by atomic mass is 16.3. The van der Waals surface area contributed by atoms with Crippen molar-refractivity contribution >= 4 is 6.08 Å². The van der Waals surface area contributed by atoms with Crippen LogP contribution in [0.15, 0.2) is 45.9 Å². The summed E-state index contributed by atoms with van der Waals surface area (Å²) in [5.74, 6) is 0.835. The predicted molar refractivity (Wildman–Crippen MR) is 81.8 cm³/mol. The molecule has 2 nitrogen and oxygen atoms in total. The minimum atomic E-state index is 0.835. The molecule has 0 saturated heterocycles. The normalized spacial score (nSPS) is 12.6. The smallest absolute Gasteiger partial charge is 0.181 e. The van der Waals surface area contributed by atoms with E-state index in [1.807, 2.05) is 0 Å². The first-order chi connectivity index (χ1) is 9.08. The molecule has 1 heterocycles. The topological polar surface area (TPSA) is 26.0 Å². The van der Waals surface area contributed by atoms with Crippen molar-refractivity contribution in [3.63, 3.8) is 0 Å². The first-order valence-corrected chi connectivity index (χ1v) is 6.92. The molecule has 19 heavy (non-hydrogen) atoms. The van der Waals surface area contributed by atoms with Gasteiger partial charge in [0.2, 0.25) is 0 Å². The molecule has 0 fully saturated rings. The van der Waals surface area contributed by atoms with Crippen LogP contribution in [0.2, 0.25) is 0 Å². The lowest BCUT2D eigenvalue weighted by Gasteiger charge is -2.00. The number of aromatic nitrogens is 1. The third-order valence-electron chi connectivity index (χ3n) is 2.96. The fraction of sp³-hybridized carbons (Fsp3) is 0.471. The molecule has 0 aliphatic heterocycles. The zero-order valence-corrected chi connectivity index (χ0v) is 12.6. The largest absolute Gasteiger partial charge is 0.444 e. The second kappa shape index (κ2) is 8.52. The van der Waals surface area contributed by atoms with E-state index in [0.29, 0.717) is 0 Å². The molecule has 0 aliphatic rings. The van der Waals surface area contributed by atoms with Gasteiger partial charge in [0.15, 0.2) is 6.39 Å².